The summed E-state index contributed by atoms with van der Waals surface area (Å²) in [5.74, 6) is -0.0440. The summed E-state index contributed by atoms with van der Waals surface area (Å²) >= 11 is 0. The van der Waals surface area contributed by atoms with Crippen molar-refractivity contribution in [3.05, 3.63) is 28.6 Å². The van der Waals surface area contributed by atoms with E-state index in [9.17, 15) is 10.1 Å². The number of rotatable bonds is 3. The van der Waals surface area contributed by atoms with Gasteiger partial charge in [-0.15, -0.1) is 0 Å². The van der Waals surface area contributed by atoms with Crippen LogP contribution in [-0.2, 0) is 0 Å². The lowest BCUT2D eigenvalue weighted by Gasteiger charge is -1.99. The highest BCUT2D eigenvalue weighted by Gasteiger charge is 2.13. The van der Waals surface area contributed by atoms with Crippen LogP contribution >= 0.6 is 0 Å². The number of hydrogen-bond acceptors (Lipinski definition) is 5. The van der Waals surface area contributed by atoms with Crippen molar-refractivity contribution in [1.82, 2.24) is 4.98 Å². The number of nitro groups is 1. The van der Waals surface area contributed by atoms with Crippen LogP contribution in [0.2, 0.25) is 0 Å². The summed E-state index contributed by atoms with van der Waals surface area (Å²) in [6, 6.07) is 1.28. The third kappa shape index (κ3) is 1.70. The van der Waals surface area contributed by atoms with E-state index in [4.69, 9.17) is 5.02 Å². The zero-order valence-corrected chi connectivity index (χ0v) is 5.88. The van der Waals surface area contributed by atoms with Crippen LogP contribution in [0.1, 0.15) is 0 Å². The molecular weight excluding hydrogens is 163 g/mol. The topological polar surface area (TPSA) is 85.5 Å². The lowest BCUT2D eigenvalue weighted by molar-refractivity contribution is -0.385. The van der Waals surface area contributed by atoms with Gasteiger partial charge in [0.05, 0.1) is 4.92 Å². The van der Waals surface area contributed by atoms with Gasteiger partial charge in [0.2, 0.25) is 0 Å². The lowest BCUT2D eigenvalue weighted by Crippen LogP contribution is -2.02. The van der Waals surface area contributed by atoms with E-state index in [0.717, 1.165) is 6.20 Å². The fourth-order valence-corrected chi connectivity index (χ4v) is 0.667. The molecule has 0 spiro atoms. The molecule has 61 valence electrons. The van der Waals surface area contributed by atoms with E-state index in [-0.39, 0.29) is 11.4 Å². The minimum Gasteiger partial charge on any atom is -0.533 e. The molecule has 0 fully saturated rings. The number of hydrogen-bond donors (Lipinski definition) is 1. The Hall–Kier alpha value is -1.63. The zero-order chi connectivity index (χ0) is 8.97. The summed E-state index contributed by atoms with van der Waals surface area (Å²) in [5.41, 5.74) is -0.289. The highest BCUT2D eigenvalue weighted by molar-refractivity contribution is 6.17. The molecular formula is C5H4BN2O4. The Bertz CT molecular complexity index is 293. The van der Waals surface area contributed by atoms with Crippen molar-refractivity contribution >= 4 is 13.4 Å². The molecule has 0 aliphatic rings. The normalized spacial score (nSPS) is 9.08. The zero-order valence-electron chi connectivity index (χ0n) is 5.88. The van der Waals surface area contributed by atoms with Gasteiger partial charge >= 0.3 is 13.4 Å². The Kier molecular flexibility index (Phi) is 2.59. The van der Waals surface area contributed by atoms with Crippen molar-refractivity contribution in [2.45, 2.75) is 0 Å². The van der Waals surface area contributed by atoms with Crippen molar-refractivity contribution in [2.75, 3.05) is 0 Å². The Labute approximate surface area is 68.3 Å². The summed E-state index contributed by atoms with van der Waals surface area (Å²) in [6.07, 6.45) is 2.37. The molecule has 1 N–H and O–H groups in total. The minimum atomic E-state index is -0.647. The Morgan fingerprint density at radius 2 is 2.50 bits per heavy atom. The average Bonchev–Trinajstić information content (AvgIpc) is 2.05. The average molecular weight is 167 g/mol. The molecule has 0 atom stereocenters. The smallest absolute Gasteiger partial charge is 0.533 e. The van der Waals surface area contributed by atoms with Gasteiger partial charge in [0.1, 0.15) is 6.20 Å². The van der Waals surface area contributed by atoms with E-state index in [1.54, 1.807) is 0 Å². The summed E-state index contributed by atoms with van der Waals surface area (Å²) in [5, 5.41) is 18.5. The second-order valence-electron chi connectivity index (χ2n) is 1.82. The van der Waals surface area contributed by atoms with Gasteiger partial charge in [0, 0.05) is 12.3 Å². The summed E-state index contributed by atoms with van der Waals surface area (Å²) in [7, 11) is 0.377. The fraction of sp³-hybridized carbons (Fsp3) is 0. The van der Waals surface area contributed by atoms with E-state index >= 15 is 0 Å². The monoisotopic (exact) mass is 167 g/mol. The third-order valence-corrected chi connectivity index (χ3v) is 1.14. The van der Waals surface area contributed by atoms with Crippen LogP contribution in [0.4, 0.5) is 5.69 Å². The third-order valence-electron chi connectivity index (χ3n) is 1.14. The maximum atomic E-state index is 10.3. The Morgan fingerprint density at radius 1 is 1.75 bits per heavy atom. The maximum absolute atomic E-state index is 10.3. The van der Waals surface area contributed by atoms with E-state index in [2.05, 4.69) is 9.64 Å². The molecule has 0 unspecified atom stereocenters. The molecule has 6 nitrogen and oxygen atoms in total. The molecule has 1 aromatic heterocycles. The van der Waals surface area contributed by atoms with Gasteiger partial charge in [-0.1, -0.05) is 0 Å². The molecule has 1 aromatic rings. The van der Waals surface area contributed by atoms with Gasteiger partial charge in [-0.3, -0.25) is 15.1 Å². The maximum Gasteiger partial charge on any atom is 0.569 e. The summed E-state index contributed by atoms with van der Waals surface area (Å²) in [4.78, 5) is 13.2. The first-order valence-corrected chi connectivity index (χ1v) is 2.96. The van der Waals surface area contributed by atoms with Gasteiger partial charge in [0.15, 0.2) is 5.75 Å². The molecule has 12 heavy (non-hydrogen) atoms. The first-order chi connectivity index (χ1) is 5.75. The molecule has 0 aromatic carbocycles. The largest absolute Gasteiger partial charge is 0.569 e. The highest BCUT2D eigenvalue weighted by atomic mass is 16.6. The van der Waals surface area contributed by atoms with Crippen LogP contribution in [0.3, 0.4) is 0 Å². The molecule has 1 rings (SSSR count). The molecule has 0 amide bonds. The van der Waals surface area contributed by atoms with Crippen LogP contribution < -0.4 is 4.65 Å². The Balaban J connectivity index is 3.00. The molecule has 0 saturated heterocycles. The van der Waals surface area contributed by atoms with Gasteiger partial charge in [-0.25, -0.2) is 0 Å². The number of nitrogens with zero attached hydrogens (tertiary/aromatic N) is 2. The molecule has 7 heteroatoms. The number of pyridine rings is 1. The van der Waals surface area contributed by atoms with E-state index in [1.165, 1.54) is 12.3 Å². The van der Waals surface area contributed by atoms with Crippen LogP contribution in [-0.4, -0.2) is 22.6 Å². The van der Waals surface area contributed by atoms with Crippen LogP contribution in [0.5, 0.6) is 5.75 Å². The van der Waals surface area contributed by atoms with E-state index in [0.29, 0.717) is 7.69 Å². The first kappa shape index (κ1) is 8.47. The fourth-order valence-electron chi connectivity index (χ4n) is 0.667. The van der Waals surface area contributed by atoms with Gasteiger partial charge < -0.3 is 9.68 Å². The van der Waals surface area contributed by atoms with Gasteiger partial charge in [0.25, 0.3) is 0 Å². The predicted octanol–water partition coefficient (Wildman–Crippen LogP) is -0.105. The van der Waals surface area contributed by atoms with Gasteiger partial charge in [-0.05, 0) is 0 Å². The van der Waals surface area contributed by atoms with Crippen molar-refractivity contribution in [3.8, 4) is 5.75 Å². The van der Waals surface area contributed by atoms with Crippen molar-refractivity contribution in [3.63, 3.8) is 0 Å². The van der Waals surface area contributed by atoms with Crippen LogP contribution in [0.15, 0.2) is 18.5 Å². The Morgan fingerprint density at radius 3 is 3.08 bits per heavy atom. The summed E-state index contributed by atoms with van der Waals surface area (Å²) in [6.45, 7) is 0. The predicted molar refractivity (Wildman–Crippen MR) is 39.5 cm³/mol. The van der Waals surface area contributed by atoms with E-state index < -0.39 is 4.92 Å². The highest BCUT2D eigenvalue weighted by Crippen LogP contribution is 2.23. The second-order valence-corrected chi connectivity index (χ2v) is 1.82. The molecule has 0 bridgehead atoms. The van der Waals surface area contributed by atoms with Crippen molar-refractivity contribution in [1.29, 1.82) is 0 Å². The van der Waals surface area contributed by atoms with Crippen molar-refractivity contribution in [2.24, 2.45) is 0 Å². The molecule has 0 aliphatic heterocycles. The minimum absolute atomic E-state index is 0.0440. The lowest BCUT2D eigenvalue weighted by atomic mass is 10.3. The molecule has 1 radical (unpaired) electrons. The van der Waals surface area contributed by atoms with E-state index in [1.807, 2.05) is 0 Å². The molecule has 0 saturated carbocycles. The molecule has 0 aliphatic carbocycles. The van der Waals surface area contributed by atoms with Crippen molar-refractivity contribution < 1.29 is 14.6 Å². The van der Waals surface area contributed by atoms with Crippen LogP contribution in [0, 0.1) is 10.1 Å². The molecule has 1 heterocycles. The SMILES string of the molecule is O=[N+]([O-])c1cnccc1O[B]O. The summed E-state index contributed by atoms with van der Waals surface area (Å²) < 4.78 is 4.45. The standard InChI is InChI=1S/C5H4BN2O4/c9-6-12-5-1-2-7-3-4(5)8(10)11/h1-3,9H. The van der Waals surface area contributed by atoms with Crippen LogP contribution in [0.25, 0.3) is 0 Å². The second kappa shape index (κ2) is 3.68. The first-order valence-electron chi connectivity index (χ1n) is 2.96. The van der Waals surface area contributed by atoms with Gasteiger partial charge in [-0.2, -0.15) is 0 Å². The number of aromatic nitrogens is 1. The quantitative estimate of drug-likeness (QED) is 0.385.